The topological polar surface area (TPSA) is 86.5 Å². The number of aliphatic hydroxyl groups is 1. The SMILES string of the molecule is CCCN1C(=O)C(O)=C(C(=O)c2cc3ccccc3o2)C1c1c(C)[nH]c2ccccc12. The minimum absolute atomic E-state index is 0.0605. The number of H-pyrrole nitrogens is 1. The maximum Gasteiger partial charge on any atom is 0.290 e. The van der Waals surface area contributed by atoms with Gasteiger partial charge in [-0.25, -0.2) is 0 Å². The average molecular weight is 414 g/mol. The first kappa shape index (κ1) is 19.2. The molecule has 31 heavy (non-hydrogen) atoms. The predicted octanol–water partition coefficient (Wildman–Crippen LogP) is 5.21. The van der Waals surface area contributed by atoms with Crippen LogP contribution in [0.5, 0.6) is 0 Å². The second kappa shape index (κ2) is 7.16. The number of aromatic amines is 1. The molecule has 1 amide bonds. The number of Topliss-reactive ketones (excluding diaryl/α,β-unsaturated/α-hetero) is 1. The first-order valence-corrected chi connectivity index (χ1v) is 10.4. The van der Waals surface area contributed by atoms with E-state index in [4.69, 9.17) is 4.42 Å². The highest BCUT2D eigenvalue weighted by Gasteiger charge is 2.45. The van der Waals surface area contributed by atoms with E-state index in [2.05, 4.69) is 4.98 Å². The van der Waals surface area contributed by atoms with Gasteiger partial charge in [0.2, 0.25) is 5.78 Å². The molecule has 6 heteroatoms. The van der Waals surface area contributed by atoms with Gasteiger partial charge in [0.05, 0.1) is 11.6 Å². The number of furan rings is 1. The molecule has 1 unspecified atom stereocenters. The molecule has 2 aromatic carbocycles. The van der Waals surface area contributed by atoms with Gasteiger partial charge in [-0.05, 0) is 31.5 Å². The lowest BCUT2D eigenvalue weighted by molar-refractivity contribution is -0.129. The van der Waals surface area contributed by atoms with E-state index in [1.165, 1.54) is 0 Å². The summed E-state index contributed by atoms with van der Waals surface area (Å²) in [6.45, 7) is 4.30. The molecule has 0 aliphatic carbocycles. The lowest BCUT2D eigenvalue weighted by Gasteiger charge is -2.26. The molecule has 0 saturated heterocycles. The highest BCUT2D eigenvalue weighted by atomic mass is 16.3. The Morgan fingerprint density at radius 2 is 1.90 bits per heavy atom. The van der Waals surface area contributed by atoms with Crippen LogP contribution in [0.15, 0.2) is 70.3 Å². The van der Waals surface area contributed by atoms with Crippen molar-refractivity contribution in [2.24, 2.45) is 0 Å². The van der Waals surface area contributed by atoms with Gasteiger partial charge in [-0.2, -0.15) is 0 Å². The second-order valence-electron chi connectivity index (χ2n) is 7.85. The van der Waals surface area contributed by atoms with Gasteiger partial charge in [0.15, 0.2) is 11.5 Å². The minimum Gasteiger partial charge on any atom is -0.503 e. The third-order valence-corrected chi connectivity index (χ3v) is 5.88. The highest BCUT2D eigenvalue weighted by Crippen LogP contribution is 2.43. The van der Waals surface area contributed by atoms with Crippen LogP contribution in [0.1, 0.15) is 41.2 Å². The van der Waals surface area contributed by atoms with Gasteiger partial charge in [-0.1, -0.05) is 43.3 Å². The molecule has 1 atom stereocenters. The number of aryl methyl sites for hydroxylation is 1. The summed E-state index contributed by atoms with van der Waals surface area (Å²) in [5.74, 6) is -1.41. The van der Waals surface area contributed by atoms with E-state index in [1.54, 1.807) is 17.0 Å². The molecule has 4 aromatic rings. The van der Waals surface area contributed by atoms with E-state index in [-0.39, 0.29) is 11.3 Å². The molecule has 5 rings (SSSR count). The van der Waals surface area contributed by atoms with Gasteiger partial charge < -0.3 is 19.4 Å². The fourth-order valence-corrected chi connectivity index (χ4v) is 4.53. The predicted molar refractivity (Wildman–Crippen MR) is 118 cm³/mol. The Morgan fingerprint density at radius 3 is 2.68 bits per heavy atom. The maximum absolute atomic E-state index is 13.6. The van der Waals surface area contributed by atoms with E-state index in [1.807, 2.05) is 56.3 Å². The molecule has 0 saturated carbocycles. The number of amides is 1. The molecule has 2 N–H and O–H groups in total. The summed E-state index contributed by atoms with van der Waals surface area (Å²) in [5.41, 5.74) is 3.23. The Morgan fingerprint density at radius 1 is 1.16 bits per heavy atom. The Labute approximate surface area is 178 Å². The number of benzene rings is 2. The van der Waals surface area contributed by atoms with Crippen molar-refractivity contribution in [1.82, 2.24) is 9.88 Å². The number of hydrogen-bond donors (Lipinski definition) is 2. The van der Waals surface area contributed by atoms with E-state index in [9.17, 15) is 14.7 Å². The standard InChI is InChI=1S/C25H22N2O4/c1-3-12-27-22(20-14(2)26-17-10-6-5-9-16(17)20)21(24(29)25(27)30)23(28)19-13-15-8-4-7-11-18(15)31-19/h4-11,13,22,26,29H,3,12H2,1-2H3. The number of fused-ring (bicyclic) bond motifs is 2. The summed E-state index contributed by atoms with van der Waals surface area (Å²) < 4.78 is 5.77. The van der Waals surface area contributed by atoms with Crippen LogP contribution in [-0.2, 0) is 4.79 Å². The Hall–Kier alpha value is -3.80. The Bertz CT molecular complexity index is 1340. The van der Waals surface area contributed by atoms with Crippen LogP contribution in [-0.4, -0.2) is 33.2 Å². The molecule has 2 aromatic heterocycles. The Kier molecular flexibility index (Phi) is 4.43. The van der Waals surface area contributed by atoms with E-state index in [0.29, 0.717) is 18.5 Å². The van der Waals surface area contributed by atoms with Gasteiger partial charge in [0, 0.05) is 34.1 Å². The molecular weight excluding hydrogens is 392 g/mol. The first-order chi connectivity index (χ1) is 15.0. The molecule has 0 radical (unpaired) electrons. The number of carbonyl (C=O) groups is 2. The van der Waals surface area contributed by atoms with Crippen LogP contribution < -0.4 is 0 Å². The summed E-state index contributed by atoms with van der Waals surface area (Å²) in [4.78, 5) is 31.5. The zero-order valence-electron chi connectivity index (χ0n) is 17.3. The monoisotopic (exact) mass is 414 g/mol. The molecule has 0 bridgehead atoms. The number of aromatic nitrogens is 1. The van der Waals surface area contributed by atoms with Crippen molar-refractivity contribution in [2.75, 3.05) is 6.54 Å². The zero-order valence-corrected chi connectivity index (χ0v) is 17.3. The molecule has 0 fully saturated rings. The Balaban J connectivity index is 1.70. The lowest BCUT2D eigenvalue weighted by atomic mass is 9.93. The molecular formula is C25H22N2O4. The van der Waals surface area contributed by atoms with Crippen LogP contribution in [0.3, 0.4) is 0 Å². The number of rotatable bonds is 5. The van der Waals surface area contributed by atoms with Gasteiger partial charge in [-0.15, -0.1) is 0 Å². The van der Waals surface area contributed by atoms with Gasteiger partial charge >= 0.3 is 0 Å². The van der Waals surface area contributed by atoms with Crippen molar-refractivity contribution in [3.63, 3.8) is 0 Å². The second-order valence-corrected chi connectivity index (χ2v) is 7.85. The van der Waals surface area contributed by atoms with Crippen molar-refractivity contribution < 1.29 is 19.1 Å². The summed E-state index contributed by atoms with van der Waals surface area (Å²) >= 11 is 0. The van der Waals surface area contributed by atoms with Crippen molar-refractivity contribution in [3.8, 4) is 0 Å². The fraction of sp³-hybridized carbons (Fsp3) is 0.200. The van der Waals surface area contributed by atoms with E-state index < -0.39 is 23.5 Å². The van der Waals surface area contributed by atoms with Crippen LogP contribution in [0.2, 0.25) is 0 Å². The van der Waals surface area contributed by atoms with Crippen LogP contribution in [0.4, 0.5) is 0 Å². The average Bonchev–Trinajstić information content (AvgIpc) is 3.41. The number of aliphatic hydroxyl groups excluding tert-OH is 1. The number of nitrogens with one attached hydrogen (secondary N) is 1. The molecule has 1 aliphatic heterocycles. The maximum atomic E-state index is 13.6. The third-order valence-electron chi connectivity index (χ3n) is 5.88. The number of para-hydroxylation sites is 2. The molecule has 6 nitrogen and oxygen atoms in total. The number of nitrogens with zero attached hydrogens (tertiary/aromatic N) is 1. The summed E-state index contributed by atoms with van der Waals surface area (Å²) in [6, 6.07) is 16.1. The van der Waals surface area contributed by atoms with Crippen molar-refractivity contribution in [2.45, 2.75) is 26.3 Å². The lowest BCUT2D eigenvalue weighted by Crippen LogP contribution is -2.32. The van der Waals surface area contributed by atoms with Crippen LogP contribution in [0, 0.1) is 6.92 Å². The highest BCUT2D eigenvalue weighted by molar-refractivity contribution is 6.16. The van der Waals surface area contributed by atoms with E-state index >= 15 is 0 Å². The van der Waals surface area contributed by atoms with Crippen molar-refractivity contribution >= 4 is 33.6 Å². The zero-order chi connectivity index (χ0) is 21.7. The van der Waals surface area contributed by atoms with Crippen molar-refractivity contribution in [1.29, 1.82) is 0 Å². The molecule has 0 spiro atoms. The first-order valence-electron chi connectivity index (χ1n) is 10.4. The van der Waals surface area contributed by atoms with E-state index in [0.717, 1.165) is 27.5 Å². The fourth-order valence-electron chi connectivity index (χ4n) is 4.53. The summed E-state index contributed by atoms with van der Waals surface area (Å²) in [5, 5.41) is 12.5. The minimum atomic E-state index is -0.690. The number of ketones is 1. The largest absolute Gasteiger partial charge is 0.503 e. The molecule has 3 heterocycles. The number of hydrogen-bond acceptors (Lipinski definition) is 4. The third kappa shape index (κ3) is 2.86. The van der Waals surface area contributed by atoms with Crippen LogP contribution in [0.25, 0.3) is 21.9 Å². The van der Waals surface area contributed by atoms with Gasteiger partial charge in [-0.3, -0.25) is 9.59 Å². The van der Waals surface area contributed by atoms with Gasteiger partial charge in [0.1, 0.15) is 5.58 Å². The van der Waals surface area contributed by atoms with Gasteiger partial charge in [0.25, 0.3) is 5.91 Å². The van der Waals surface area contributed by atoms with Crippen LogP contribution >= 0.6 is 0 Å². The van der Waals surface area contributed by atoms with Crippen molar-refractivity contribution in [3.05, 3.63) is 82.9 Å². The molecule has 1 aliphatic rings. The summed E-state index contributed by atoms with van der Waals surface area (Å²) in [7, 11) is 0. The molecule has 156 valence electrons. The normalized spacial score (nSPS) is 16.8. The smallest absolute Gasteiger partial charge is 0.290 e. The quantitative estimate of drug-likeness (QED) is 0.439. The summed E-state index contributed by atoms with van der Waals surface area (Å²) in [6.07, 6.45) is 0.697. The number of carbonyl (C=O) groups excluding carboxylic acids is 2.